The molecule has 4 atom stereocenters. The molecule has 1 amide bonds. The molecule has 4 heteroatoms. The molecule has 0 aromatic heterocycles. The molecule has 1 N–H and O–H groups in total. The lowest BCUT2D eigenvalue weighted by Gasteiger charge is -2.34. The van der Waals surface area contributed by atoms with Crippen LogP contribution in [0.2, 0.25) is 0 Å². The van der Waals surface area contributed by atoms with E-state index in [1.165, 1.54) is 12.8 Å². The summed E-state index contributed by atoms with van der Waals surface area (Å²) < 4.78 is -0.798. The summed E-state index contributed by atoms with van der Waals surface area (Å²) in [5.41, 5.74) is 0. The number of rotatable bonds is 2. The van der Waals surface area contributed by atoms with Gasteiger partial charge in [0.1, 0.15) is 4.33 Å². The topological polar surface area (TPSA) is 29.1 Å². The third-order valence-electron chi connectivity index (χ3n) is 4.18. The van der Waals surface area contributed by atoms with E-state index in [1.807, 2.05) is 0 Å². The van der Waals surface area contributed by atoms with Crippen LogP contribution in [0.3, 0.4) is 0 Å². The molecule has 0 heterocycles. The van der Waals surface area contributed by atoms with Crippen molar-refractivity contribution in [1.82, 2.24) is 5.32 Å². The van der Waals surface area contributed by atoms with Gasteiger partial charge >= 0.3 is 0 Å². The molecule has 2 aliphatic rings. The van der Waals surface area contributed by atoms with Gasteiger partial charge in [0.15, 0.2) is 0 Å². The maximum atomic E-state index is 11.9. The fourth-order valence-corrected chi connectivity index (χ4v) is 3.07. The van der Waals surface area contributed by atoms with Gasteiger partial charge in [0.2, 0.25) is 5.91 Å². The Morgan fingerprint density at radius 1 is 1.31 bits per heavy atom. The minimum absolute atomic E-state index is 0.0379. The van der Waals surface area contributed by atoms with Crippen molar-refractivity contribution in [1.29, 1.82) is 0 Å². The molecule has 2 fully saturated rings. The summed E-state index contributed by atoms with van der Waals surface area (Å²) in [5, 5.41) is 3.11. The maximum Gasteiger partial charge on any atom is 0.226 e. The Morgan fingerprint density at radius 3 is 2.50 bits per heavy atom. The normalized spacial score (nSPS) is 41.5. The molecule has 2 aliphatic carbocycles. The van der Waals surface area contributed by atoms with E-state index in [1.54, 1.807) is 0 Å². The van der Waals surface area contributed by atoms with E-state index in [9.17, 15) is 4.79 Å². The van der Waals surface area contributed by atoms with E-state index in [0.29, 0.717) is 24.3 Å². The monoisotopic (exact) mass is 263 g/mol. The highest BCUT2D eigenvalue weighted by Crippen LogP contribution is 2.53. The van der Waals surface area contributed by atoms with Crippen molar-refractivity contribution in [3.63, 3.8) is 0 Å². The molecule has 92 valence electrons. The Kier molecular flexibility index (Phi) is 3.42. The molecule has 2 nitrogen and oxygen atoms in total. The number of carbonyl (C=O) groups excluding carboxylic acids is 1. The molecule has 4 unspecified atom stereocenters. The standard InChI is InChI=1S/C12H19Cl2NO/c1-7-4-3-5-10(8(7)2)15-11(16)9-6-12(9,13)14/h7-10H,3-6H2,1-2H3,(H,15,16). The Bertz CT molecular complexity index is 293. The van der Waals surface area contributed by atoms with Gasteiger partial charge in [-0.25, -0.2) is 0 Å². The number of hydrogen-bond acceptors (Lipinski definition) is 1. The number of halogens is 2. The molecular formula is C12H19Cl2NO. The van der Waals surface area contributed by atoms with Crippen LogP contribution in [-0.2, 0) is 4.79 Å². The predicted octanol–water partition coefficient (Wildman–Crippen LogP) is 3.12. The fourth-order valence-electron chi connectivity index (χ4n) is 2.57. The highest BCUT2D eigenvalue weighted by molar-refractivity contribution is 6.52. The Hall–Kier alpha value is 0.0500. The first-order chi connectivity index (χ1) is 7.42. The van der Waals surface area contributed by atoms with E-state index < -0.39 is 4.33 Å². The van der Waals surface area contributed by atoms with Crippen LogP contribution in [0.15, 0.2) is 0 Å². The first-order valence-electron chi connectivity index (χ1n) is 6.10. The summed E-state index contributed by atoms with van der Waals surface area (Å²) in [7, 11) is 0. The lowest BCUT2D eigenvalue weighted by molar-refractivity contribution is -0.123. The number of carbonyl (C=O) groups is 1. The van der Waals surface area contributed by atoms with Crippen molar-refractivity contribution in [2.24, 2.45) is 17.8 Å². The van der Waals surface area contributed by atoms with Gasteiger partial charge in [-0.1, -0.05) is 26.7 Å². The second kappa shape index (κ2) is 4.38. The largest absolute Gasteiger partial charge is 0.353 e. The third kappa shape index (κ3) is 2.48. The average molecular weight is 264 g/mol. The summed E-state index contributed by atoms with van der Waals surface area (Å²) in [6.45, 7) is 4.48. The van der Waals surface area contributed by atoms with Crippen LogP contribution in [-0.4, -0.2) is 16.3 Å². The Labute approximate surface area is 107 Å². The van der Waals surface area contributed by atoms with Crippen LogP contribution in [0.4, 0.5) is 0 Å². The minimum atomic E-state index is -0.798. The molecule has 0 spiro atoms. The van der Waals surface area contributed by atoms with Crippen molar-refractivity contribution < 1.29 is 4.79 Å². The molecule has 2 rings (SSSR count). The van der Waals surface area contributed by atoms with Crippen molar-refractivity contribution >= 4 is 29.1 Å². The smallest absolute Gasteiger partial charge is 0.226 e. The Morgan fingerprint density at radius 2 is 1.94 bits per heavy atom. The van der Waals surface area contributed by atoms with Crippen LogP contribution < -0.4 is 5.32 Å². The van der Waals surface area contributed by atoms with E-state index in [4.69, 9.17) is 23.2 Å². The molecule has 0 saturated heterocycles. The fraction of sp³-hybridized carbons (Fsp3) is 0.917. The first kappa shape index (κ1) is 12.5. The number of alkyl halides is 2. The number of nitrogens with one attached hydrogen (secondary N) is 1. The molecule has 0 aromatic rings. The lowest BCUT2D eigenvalue weighted by atomic mass is 9.78. The highest BCUT2D eigenvalue weighted by Gasteiger charge is 2.56. The molecule has 2 saturated carbocycles. The first-order valence-corrected chi connectivity index (χ1v) is 6.85. The third-order valence-corrected chi connectivity index (χ3v) is 5.01. The van der Waals surface area contributed by atoms with Gasteiger partial charge in [0, 0.05) is 6.04 Å². The lowest BCUT2D eigenvalue weighted by Crippen LogP contribution is -2.44. The number of amides is 1. The van der Waals surface area contributed by atoms with Crippen LogP contribution in [0.5, 0.6) is 0 Å². The van der Waals surface area contributed by atoms with Crippen molar-refractivity contribution in [2.75, 3.05) is 0 Å². The molecular weight excluding hydrogens is 245 g/mol. The van der Waals surface area contributed by atoms with Gasteiger partial charge in [-0.05, 0) is 24.7 Å². The van der Waals surface area contributed by atoms with Gasteiger partial charge in [-0.15, -0.1) is 23.2 Å². The second-order valence-corrected chi connectivity index (χ2v) is 6.94. The van der Waals surface area contributed by atoms with Crippen LogP contribution in [0.25, 0.3) is 0 Å². The predicted molar refractivity (Wildman–Crippen MR) is 66.7 cm³/mol. The van der Waals surface area contributed by atoms with Crippen LogP contribution in [0.1, 0.15) is 39.5 Å². The number of hydrogen-bond donors (Lipinski definition) is 1. The zero-order valence-corrected chi connectivity index (χ0v) is 11.3. The molecule has 0 radical (unpaired) electrons. The van der Waals surface area contributed by atoms with Crippen molar-refractivity contribution in [2.45, 2.75) is 49.9 Å². The average Bonchev–Trinajstić information content (AvgIpc) is 2.83. The summed E-state index contributed by atoms with van der Waals surface area (Å²) in [4.78, 5) is 11.9. The van der Waals surface area contributed by atoms with E-state index >= 15 is 0 Å². The van der Waals surface area contributed by atoms with Gasteiger partial charge in [0.05, 0.1) is 5.92 Å². The molecule has 16 heavy (non-hydrogen) atoms. The van der Waals surface area contributed by atoms with E-state index in [0.717, 1.165) is 6.42 Å². The Balaban J connectivity index is 1.87. The minimum Gasteiger partial charge on any atom is -0.353 e. The van der Waals surface area contributed by atoms with Crippen LogP contribution in [0, 0.1) is 17.8 Å². The SMILES string of the molecule is CC1CCCC(NC(=O)C2CC2(Cl)Cl)C1C. The van der Waals surface area contributed by atoms with Gasteiger partial charge < -0.3 is 5.32 Å². The second-order valence-electron chi connectivity index (χ2n) is 5.40. The highest BCUT2D eigenvalue weighted by atomic mass is 35.5. The van der Waals surface area contributed by atoms with Gasteiger partial charge in [0.25, 0.3) is 0 Å². The zero-order valence-electron chi connectivity index (χ0n) is 9.80. The molecule has 0 aliphatic heterocycles. The summed E-state index contributed by atoms with van der Waals surface area (Å²) in [6, 6.07) is 0.306. The van der Waals surface area contributed by atoms with Crippen LogP contribution >= 0.6 is 23.2 Å². The van der Waals surface area contributed by atoms with E-state index in [2.05, 4.69) is 19.2 Å². The molecule has 0 aromatic carbocycles. The van der Waals surface area contributed by atoms with Gasteiger partial charge in [-0.3, -0.25) is 4.79 Å². The molecule has 0 bridgehead atoms. The van der Waals surface area contributed by atoms with Crippen molar-refractivity contribution in [3.8, 4) is 0 Å². The van der Waals surface area contributed by atoms with E-state index in [-0.39, 0.29) is 11.8 Å². The summed E-state index contributed by atoms with van der Waals surface area (Å²) >= 11 is 11.8. The van der Waals surface area contributed by atoms with Crippen molar-refractivity contribution in [3.05, 3.63) is 0 Å². The van der Waals surface area contributed by atoms with Gasteiger partial charge in [-0.2, -0.15) is 0 Å². The summed E-state index contributed by atoms with van der Waals surface area (Å²) in [5.74, 6) is 1.09. The quantitative estimate of drug-likeness (QED) is 0.763. The summed E-state index contributed by atoms with van der Waals surface area (Å²) in [6.07, 6.45) is 4.15. The maximum absolute atomic E-state index is 11.9. The zero-order chi connectivity index (χ0) is 11.9.